The second-order valence-corrected chi connectivity index (χ2v) is 8.86. The molecule has 3 rings (SSSR count). The molecule has 0 aliphatic carbocycles. The summed E-state index contributed by atoms with van der Waals surface area (Å²) in [7, 11) is 0. The van der Waals surface area contributed by atoms with Gasteiger partial charge in [-0.25, -0.2) is 13.6 Å². The summed E-state index contributed by atoms with van der Waals surface area (Å²) in [5.41, 5.74) is -0.0699. The molecule has 2 amide bonds. The minimum atomic E-state index is -1.04. The number of hydrogen-bond acceptors (Lipinski definition) is 2. The number of nitrogens with zero attached hydrogens (tertiary/aromatic N) is 2. The van der Waals surface area contributed by atoms with Crippen LogP contribution >= 0.6 is 11.6 Å². The number of piperazine rings is 1. The van der Waals surface area contributed by atoms with Gasteiger partial charge < -0.3 is 14.9 Å². The molecular formula is C22H23ClF2N2O3. The van der Waals surface area contributed by atoms with Gasteiger partial charge >= 0.3 is 6.09 Å². The van der Waals surface area contributed by atoms with Gasteiger partial charge in [0.1, 0.15) is 11.6 Å². The summed E-state index contributed by atoms with van der Waals surface area (Å²) in [5.74, 6) is -1.86. The van der Waals surface area contributed by atoms with Crippen LogP contribution in [0.4, 0.5) is 13.6 Å². The van der Waals surface area contributed by atoms with Gasteiger partial charge in [-0.1, -0.05) is 38.4 Å². The number of carbonyl (C=O) groups excluding carboxylic acids is 1. The first kappa shape index (κ1) is 22.0. The minimum Gasteiger partial charge on any atom is -0.465 e. The number of carboxylic acid groups (broad SMARTS) is 1. The van der Waals surface area contributed by atoms with E-state index in [1.54, 1.807) is 0 Å². The lowest BCUT2D eigenvalue weighted by atomic mass is 9.83. The molecule has 1 atom stereocenters. The predicted molar refractivity (Wildman–Crippen MR) is 111 cm³/mol. The average molecular weight is 437 g/mol. The highest BCUT2D eigenvalue weighted by Crippen LogP contribution is 2.31. The third-order valence-corrected chi connectivity index (χ3v) is 5.59. The fraction of sp³-hybridized carbons (Fsp3) is 0.364. The fourth-order valence-electron chi connectivity index (χ4n) is 3.68. The lowest BCUT2D eigenvalue weighted by Crippen LogP contribution is -2.60. The number of rotatable bonds is 2. The van der Waals surface area contributed by atoms with Crippen molar-refractivity contribution in [1.82, 2.24) is 9.80 Å². The molecule has 1 aliphatic heterocycles. The van der Waals surface area contributed by atoms with E-state index in [0.717, 1.165) is 12.1 Å². The van der Waals surface area contributed by atoms with Gasteiger partial charge in [-0.3, -0.25) is 4.79 Å². The number of benzene rings is 2. The van der Waals surface area contributed by atoms with Gasteiger partial charge in [0.15, 0.2) is 0 Å². The maximum atomic E-state index is 14.9. The van der Waals surface area contributed by atoms with Crippen LogP contribution in [0.1, 0.15) is 31.1 Å². The topological polar surface area (TPSA) is 60.9 Å². The van der Waals surface area contributed by atoms with Crippen molar-refractivity contribution in [3.05, 3.63) is 58.6 Å². The van der Waals surface area contributed by atoms with Crippen LogP contribution in [0.5, 0.6) is 0 Å². The first-order chi connectivity index (χ1) is 14.0. The molecule has 0 bridgehead atoms. The van der Waals surface area contributed by atoms with E-state index in [2.05, 4.69) is 0 Å². The van der Waals surface area contributed by atoms with Gasteiger partial charge in [-0.05, 0) is 41.3 Å². The number of carbonyl (C=O) groups is 2. The van der Waals surface area contributed by atoms with E-state index in [9.17, 15) is 23.5 Å². The minimum absolute atomic E-state index is 0.133. The molecule has 1 N–H and O–H groups in total. The molecule has 1 unspecified atom stereocenters. The zero-order chi connectivity index (χ0) is 22.2. The summed E-state index contributed by atoms with van der Waals surface area (Å²) in [6.45, 7) is 6.20. The molecule has 0 aromatic heterocycles. The van der Waals surface area contributed by atoms with E-state index in [4.69, 9.17) is 11.6 Å². The second kappa shape index (κ2) is 8.22. The Bertz CT molecular complexity index is 991. The molecule has 1 heterocycles. The Balaban J connectivity index is 1.91. The SMILES string of the molecule is CC(C)(C)C1CN(C(=O)O)CCN1C(=O)c1ccc(-c2ccc(Cl)cc2F)cc1F. The molecule has 2 aromatic rings. The summed E-state index contributed by atoms with van der Waals surface area (Å²) < 4.78 is 29.0. The average Bonchev–Trinajstić information content (AvgIpc) is 2.66. The van der Waals surface area contributed by atoms with E-state index >= 15 is 0 Å². The van der Waals surface area contributed by atoms with Crippen molar-refractivity contribution in [3.63, 3.8) is 0 Å². The Morgan fingerprint density at radius 3 is 2.33 bits per heavy atom. The Kier molecular flexibility index (Phi) is 6.04. The summed E-state index contributed by atoms with van der Waals surface area (Å²) >= 11 is 5.76. The smallest absolute Gasteiger partial charge is 0.407 e. The zero-order valence-electron chi connectivity index (χ0n) is 17.0. The zero-order valence-corrected chi connectivity index (χ0v) is 17.7. The molecular weight excluding hydrogens is 414 g/mol. The van der Waals surface area contributed by atoms with Crippen molar-refractivity contribution in [2.75, 3.05) is 19.6 Å². The molecule has 160 valence electrons. The lowest BCUT2D eigenvalue weighted by Gasteiger charge is -2.46. The molecule has 8 heteroatoms. The first-order valence-corrected chi connectivity index (χ1v) is 9.90. The first-order valence-electron chi connectivity index (χ1n) is 9.53. The van der Waals surface area contributed by atoms with Gasteiger partial charge in [0.25, 0.3) is 5.91 Å². The summed E-state index contributed by atoms with van der Waals surface area (Å²) in [6.07, 6.45) is -1.04. The highest BCUT2D eigenvalue weighted by Gasteiger charge is 2.40. The van der Waals surface area contributed by atoms with Crippen LogP contribution in [0.25, 0.3) is 11.1 Å². The highest BCUT2D eigenvalue weighted by atomic mass is 35.5. The van der Waals surface area contributed by atoms with Crippen molar-refractivity contribution in [1.29, 1.82) is 0 Å². The Labute approximate surface area is 178 Å². The molecule has 30 heavy (non-hydrogen) atoms. The normalized spacial score (nSPS) is 17.2. The van der Waals surface area contributed by atoms with E-state index in [0.29, 0.717) is 5.56 Å². The van der Waals surface area contributed by atoms with Crippen LogP contribution in [0.3, 0.4) is 0 Å². The molecule has 1 saturated heterocycles. The van der Waals surface area contributed by atoms with Crippen LogP contribution in [0.15, 0.2) is 36.4 Å². The number of hydrogen-bond donors (Lipinski definition) is 1. The van der Waals surface area contributed by atoms with Crippen LogP contribution in [-0.4, -0.2) is 52.6 Å². The summed E-state index contributed by atoms with van der Waals surface area (Å²) in [5, 5.41) is 9.54. The van der Waals surface area contributed by atoms with E-state index < -0.39 is 35.1 Å². The Morgan fingerprint density at radius 2 is 1.77 bits per heavy atom. The third kappa shape index (κ3) is 4.41. The largest absolute Gasteiger partial charge is 0.465 e. The molecule has 1 aliphatic rings. The molecule has 0 radical (unpaired) electrons. The molecule has 0 saturated carbocycles. The van der Waals surface area contributed by atoms with Crippen molar-refractivity contribution >= 4 is 23.6 Å². The van der Waals surface area contributed by atoms with Crippen molar-refractivity contribution in [3.8, 4) is 11.1 Å². The standard InChI is InChI=1S/C22H23ClF2N2O3/c1-22(2,3)19-12-26(21(29)30)8-9-27(19)20(28)16-6-4-13(10-17(16)24)15-7-5-14(23)11-18(15)25/h4-7,10-11,19H,8-9,12H2,1-3H3,(H,29,30). The van der Waals surface area contributed by atoms with Crippen molar-refractivity contribution in [2.24, 2.45) is 5.41 Å². The van der Waals surface area contributed by atoms with Crippen LogP contribution in [0, 0.1) is 17.0 Å². The number of amides is 2. The van der Waals surface area contributed by atoms with Crippen LogP contribution in [-0.2, 0) is 0 Å². The summed E-state index contributed by atoms with van der Waals surface area (Å²) in [4.78, 5) is 27.3. The molecule has 1 fully saturated rings. The van der Waals surface area contributed by atoms with E-state index in [-0.39, 0.29) is 35.8 Å². The van der Waals surface area contributed by atoms with Gasteiger partial charge in [0.05, 0.1) is 11.6 Å². The van der Waals surface area contributed by atoms with Crippen molar-refractivity contribution < 1.29 is 23.5 Å². The highest BCUT2D eigenvalue weighted by molar-refractivity contribution is 6.30. The van der Waals surface area contributed by atoms with Crippen molar-refractivity contribution in [2.45, 2.75) is 26.8 Å². The molecule has 2 aromatic carbocycles. The maximum absolute atomic E-state index is 14.9. The Hall–Kier alpha value is -2.67. The van der Waals surface area contributed by atoms with E-state index in [1.807, 2.05) is 20.8 Å². The van der Waals surface area contributed by atoms with Crippen LogP contribution in [0.2, 0.25) is 5.02 Å². The van der Waals surface area contributed by atoms with Gasteiger partial charge in [-0.2, -0.15) is 0 Å². The van der Waals surface area contributed by atoms with E-state index in [1.165, 1.54) is 34.1 Å². The van der Waals surface area contributed by atoms with Gasteiger partial charge in [-0.15, -0.1) is 0 Å². The van der Waals surface area contributed by atoms with Gasteiger partial charge in [0, 0.05) is 30.2 Å². The third-order valence-electron chi connectivity index (χ3n) is 5.35. The lowest BCUT2D eigenvalue weighted by molar-refractivity contribution is 0.0172. The monoisotopic (exact) mass is 436 g/mol. The Morgan fingerprint density at radius 1 is 1.07 bits per heavy atom. The molecule has 0 spiro atoms. The fourth-order valence-corrected chi connectivity index (χ4v) is 3.83. The number of halogens is 3. The van der Waals surface area contributed by atoms with Gasteiger partial charge in [0.2, 0.25) is 0 Å². The van der Waals surface area contributed by atoms with Crippen LogP contribution < -0.4 is 0 Å². The quantitative estimate of drug-likeness (QED) is 0.709. The molecule has 5 nitrogen and oxygen atoms in total. The predicted octanol–water partition coefficient (Wildman–Crippen LogP) is 5.14. The maximum Gasteiger partial charge on any atom is 0.407 e. The summed E-state index contributed by atoms with van der Waals surface area (Å²) in [6, 6.07) is 7.64. The second-order valence-electron chi connectivity index (χ2n) is 8.43.